The fourth-order valence-electron chi connectivity index (χ4n) is 2.10. The Kier molecular flexibility index (Phi) is 6.52. The van der Waals surface area contributed by atoms with Gasteiger partial charge in [0, 0.05) is 12.6 Å². The minimum atomic E-state index is -0.174. The number of esters is 1. The zero-order valence-corrected chi connectivity index (χ0v) is 11.4. The number of nitrogens with one attached hydrogen (secondary N) is 1. The summed E-state index contributed by atoms with van der Waals surface area (Å²) in [5.41, 5.74) is 0. The van der Waals surface area contributed by atoms with Crippen LogP contribution in [0.4, 0.5) is 0 Å². The lowest BCUT2D eigenvalue weighted by Gasteiger charge is -2.26. The minimum Gasteiger partial charge on any atom is -0.465 e. The van der Waals surface area contributed by atoms with Crippen LogP contribution in [0.15, 0.2) is 0 Å². The minimum absolute atomic E-state index is 0.115. The van der Waals surface area contributed by atoms with E-state index >= 15 is 0 Å². The first kappa shape index (κ1) is 14.5. The molecule has 1 rings (SSSR count). The number of hydrogen-bond donors (Lipinski definition) is 1. The Morgan fingerprint density at radius 2 is 2.12 bits per heavy atom. The number of nitrogens with zero attached hydrogens (tertiary/aromatic N) is 1. The fraction of sp³-hybridized carbons (Fsp3) is 0.923. The Labute approximate surface area is 105 Å². The van der Waals surface area contributed by atoms with Crippen molar-refractivity contribution in [3.63, 3.8) is 0 Å². The standard InChI is InChI=1S/C13H26N2O2/c1-4-9-15(11-7-8-11)10-12(14-5-2)13(16)17-6-3/h11-12,14H,4-10H2,1-3H3. The second kappa shape index (κ2) is 7.67. The van der Waals surface area contributed by atoms with Gasteiger partial charge in [0.05, 0.1) is 6.61 Å². The number of ether oxygens (including phenoxy) is 1. The molecule has 100 valence electrons. The third-order valence-electron chi connectivity index (χ3n) is 3.01. The molecule has 0 amide bonds. The van der Waals surface area contributed by atoms with Crippen molar-refractivity contribution in [2.24, 2.45) is 0 Å². The molecule has 0 spiro atoms. The molecular formula is C13H26N2O2. The monoisotopic (exact) mass is 242 g/mol. The van der Waals surface area contributed by atoms with Crippen molar-refractivity contribution >= 4 is 5.97 Å². The fourth-order valence-corrected chi connectivity index (χ4v) is 2.10. The highest BCUT2D eigenvalue weighted by Gasteiger charge is 2.31. The molecule has 0 radical (unpaired) electrons. The summed E-state index contributed by atoms with van der Waals surface area (Å²) < 4.78 is 5.11. The third-order valence-corrected chi connectivity index (χ3v) is 3.01. The van der Waals surface area contributed by atoms with Gasteiger partial charge in [0.15, 0.2) is 0 Å². The Balaban J connectivity index is 2.47. The highest BCUT2D eigenvalue weighted by molar-refractivity contribution is 5.76. The van der Waals surface area contributed by atoms with Gasteiger partial charge in [-0.1, -0.05) is 13.8 Å². The average Bonchev–Trinajstić information content (AvgIpc) is 3.11. The van der Waals surface area contributed by atoms with Crippen LogP contribution in [0.2, 0.25) is 0 Å². The number of carbonyl (C=O) groups is 1. The molecule has 1 aliphatic carbocycles. The molecule has 0 aliphatic heterocycles. The Morgan fingerprint density at radius 3 is 2.59 bits per heavy atom. The lowest BCUT2D eigenvalue weighted by atomic mass is 10.2. The second-order valence-corrected chi connectivity index (χ2v) is 4.59. The summed E-state index contributed by atoms with van der Waals surface area (Å²) in [5.74, 6) is -0.115. The molecule has 1 N–H and O–H groups in total. The van der Waals surface area contributed by atoms with Gasteiger partial charge in [-0.2, -0.15) is 0 Å². The van der Waals surface area contributed by atoms with Gasteiger partial charge in [-0.25, -0.2) is 0 Å². The first-order chi connectivity index (χ1) is 8.22. The molecule has 0 bridgehead atoms. The van der Waals surface area contributed by atoms with Gasteiger partial charge >= 0.3 is 5.97 Å². The molecule has 4 nitrogen and oxygen atoms in total. The number of likely N-dealkylation sites (N-methyl/N-ethyl adjacent to an activating group) is 1. The van der Waals surface area contributed by atoms with Gasteiger partial charge < -0.3 is 10.1 Å². The van der Waals surface area contributed by atoms with E-state index in [4.69, 9.17) is 4.74 Å². The summed E-state index contributed by atoms with van der Waals surface area (Å²) in [6.07, 6.45) is 3.70. The molecule has 0 heterocycles. The van der Waals surface area contributed by atoms with Gasteiger partial charge in [-0.15, -0.1) is 0 Å². The highest BCUT2D eigenvalue weighted by atomic mass is 16.5. The van der Waals surface area contributed by atoms with Crippen LogP contribution in [0, 0.1) is 0 Å². The predicted molar refractivity (Wildman–Crippen MR) is 69.0 cm³/mol. The quantitative estimate of drug-likeness (QED) is 0.621. The highest BCUT2D eigenvalue weighted by Crippen LogP contribution is 2.27. The first-order valence-corrected chi connectivity index (χ1v) is 6.86. The largest absolute Gasteiger partial charge is 0.465 e. The van der Waals surface area contributed by atoms with Crippen molar-refractivity contribution < 1.29 is 9.53 Å². The van der Waals surface area contributed by atoms with E-state index in [-0.39, 0.29) is 12.0 Å². The molecule has 0 aromatic carbocycles. The number of carbonyl (C=O) groups excluding carboxylic acids is 1. The van der Waals surface area contributed by atoms with E-state index in [2.05, 4.69) is 17.1 Å². The van der Waals surface area contributed by atoms with E-state index in [1.807, 2.05) is 13.8 Å². The van der Waals surface area contributed by atoms with Crippen LogP contribution in [0.25, 0.3) is 0 Å². The van der Waals surface area contributed by atoms with Crippen molar-refractivity contribution in [2.45, 2.75) is 52.1 Å². The molecule has 1 atom stereocenters. The third kappa shape index (κ3) is 5.04. The van der Waals surface area contributed by atoms with Crippen LogP contribution in [-0.2, 0) is 9.53 Å². The predicted octanol–water partition coefficient (Wildman–Crippen LogP) is 1.40. The Bertz CT molecular complexity index is 229. The number of hydrogen-bond acceptors (Lipinski definition) is 4. The van der Waals surface area contributed by atoms with Crippen molar-refractivity contribution in [2.75, 3.05) is 26.2 Å². The Morgan fingerprint density at radius 1 is 1.41 bits per heavy atom. The van der Waals surface area contributed by atoms with Gasteiger partial charge in [-0.05, 0) is 39.3 Å². The van der Waals surface area contributed by atoms with E-state index in [0.717, 1.165) is 26.1 Å². The summed E-state index contributed by atoms with van der Waals surface area (Å²) >= 11 is 0. The normalized spacial score (nSPS) is 17.2. The second-order valence-electron chi connectivity index (χ2n) is 4.59. The topological polar surface area (TPSA) is 41.6 Å². The zero-order chi connectivity index (χ0) is 12.7. The van der Waals surface area contributed by atoms with Crippen LogP contribution >= 0.6 is 0 Å². The molecule has 0 aromatic heterocycles. The van der Waals surface area contributed by atoms with Gasteiger partial charge in [0.25, 0.3) is 0 Å². The summed E-state index contributed by atoms with van der Waals surface area (Å²) in [6.45, 7) is 9.17. The molecule has 1 saturated carbocycles. The summed E-state index contributed by atoms with van der Waals surface area (Å²) in [4.78, 5) is 14.2. The van der Waals surface area contributed by atoms with Crippen molar-refractivity contribution in [3.05, 3.63) is 0 Å². The van der Waals surface area contributed by atoms with Gasteiger partial charge in [-0.3, -0.25) is 9.69 Å². The van der Waals surface area contributed by atoms with E-state index in [9.17, 15) is 4.79 Å². The average molecular weight is 242 g/mol. The number of rotatable bonds is 9. The summed E-state index contributed by atoms with van der Waals surface area (Å²) in [5, 5.41) is 3.22. The molecule has 0 aromatic rings. The molecular weight excluding hydrogens is 216 g/mol. The molecule has 17 heavy (non-hydrogen) atoms. The van der Waals surface area contributed by atoms with Crippen LogP contribution < -0.4 is 5.32 Å². The van der Waals surface area contributed by atoms with Crippen LogP contribution in [-0.4, -0.2) is 49.2 Å². The van der Waals surface area contributed by atoms with Crippen LogP contribution in [0.5, 0.6) is 0 Å². The first-order valence-electron chi connectivity index (χ1n) is 6.86. The van der Waals surface area contributed by atoms with Gasteiger partial charge in [0.2, 0.25) is 0 Å². The molecule has 1 aliphatic rings. The maximum atomic E-state index is 11.8. The van der Waals surface area contributed by atoms with E-state index in [1.54, 1.807) is 0 Å². The van der Waals surface area contributed by atoms with E-state index in [0.29, 0.717) is 12.6 Å². The lowest BCUT2D eigenvalue weighted by molar-refractivity contribution is -0.146. The maximum absolute atomic E-state index is 11.8. The summed E-state index contributed by atoms with van der Waals surface area (Å²) in [7, 11) is 0. The molecule has 1 unspecified atom stereocenters. The zero-order valence-electron chi connectivity index (χ0n) is 11.4. The smallest absolute Gasteiger partial charge is 0.324 e. The Hall–Kier alpha value is -0.610. The van der Waals surface area contributed by atoms with Gasteiger partial charge in [0.1, 0.15) is 6.04 Å². The van der Waals surface area contributed by atoms with Crippen molar-refractivity contribution in [1.82, 2.24) is 10.2 Å². The van der Waals surface area contributed by atoms with Crippen LogP contribution in [0.3, 0.4) is 0 Å². The van der Waals surface area contributed by atoms with E-state index in [1.165, 1.54) is 12.8 Å². The molecule has 0 saturated heterocycles. The maximum Gasteiger partial charge on any atom is 0.324 e. The van der Waals surface area contributed by atoms with E-state index < -0.39 is 0 Å². The SMILES string of the molecule is CCCN(CC(NCC)C(=O)OCC)C1CC1. The van der Waals surface area contributed by atoms with Crippen molar-refractivity contribution in [1.29, 1.82) is 0 Å². The summed E-state index contributed by atoms with van der Waals surface area (Å²) in [6, 6.07) is 0.526. The lowest BCUT2D eigenvalue weighted by Crippen LogP contribution is -2.47. The molecule has 1 fully saturated rings. The van der Waals surface area contributed by atoms with Crippen LogP contribution in [0.1, 0.15) is 40.0 Å². The molecule has 4 heteroatoms. The van der Waals surface area contributed by atoms with Crippen molar-refractivity contribution in [3.8, 4) is 0 Å².